The Hall–Kier alpha value is -1.09. The first-order valence-corrected chi connectivity index (χ1v) is 8.50. The molecule has 0 spiro atoms. The molecule has 0 unspecified atom stereocenters. The minimum atomic E-state index is -3.61. The van der Waals surface area contributed by atoms with Gasteiger partial charge in [-0.05, 0) is 37.0 Å². The summed E-state index contributed by atoms with van der Waals surface area (Å²) in [6.45, 7) is 3.17. The van der Waals surface area contributed by atoms with Crippen LogP contribution in [0.15, 0.2) is 23.1 Å². The van der Waals surface area contributed by atoms with Gasteiger partial charge >= 0.3 is 0 Å². The number of sulfonamides is 1. The molecule has 1 fully saturated rings. The molecule has 108 valence electrons. The van der Waals surface area contributed by atoms with E-state index in [0.29, 0.717) is 24.6 Å². The molecule has 0 radical (unpaired) electrons. The average molecular weight is 313 g/mol. The maximum absolute atomic E-state index is 12.6. The molecule has 0 atom stereocenters. The second-order valence-corrected chi connectivity index (χ2v) is 7.33. The number of benzene rings is 1. The van der Waals surface area contributed by atoms with Crippen molar-refractivity contribution in [3.05, 3.63) is 28.8 Å². The summed E-state index contributed by atoms with van der Waals surface area (Å²) in [4.78, 5) is 0.0353. The predicted octanol–water partition coefficient (Wildman–Crippen LogP) is 3.02. The molecule has 0 saturated carbocycles. The number of rotatable bonds is 3. The molecule has 0 aliphatic carbocycles. The third-order valence-corrected chi connectivity index (χ3v) is 6.21. The Kier molecular flexibility index (Phi) is 4.69. The molecule has 1 heterocycles. The van der Waals surface area contributed by atoms with Crippen molar-refractivity contribution in [2.45, 2.75) is 31.1 Å². The predicted molar refractivity (Wildman–Crippen MR) is 77.9 cm³/mol. The van der Waals surface area contributed by atoms with Gasteiger partial charge in [-0.1, -0.05) is 24.9 Å². The van der Waals surface area contributed by atoms with Crippen molar-refractivity contribution in [3.8, 4) is 6.07 Å². The van der Waals surface area contributed by atoms with Gasteiger partial charge in [-0.2, -0.15) is 9.57 Å². The van der Waals surface area contributed by atoms with Crippen molar-refractivity contribution in [1.82, 2.24) is 4.31 Å². The molecule has 0 aromatic heterocycles. The zero-order valence-corrected chi connectivity index (χ0v) is 12.9. The first-order chi connectivity index (χ1) is 9.48. The van der Waals surface area contributed by atoms with Crippen molar-refractivity contribution >= 4 is 21.6 Å². The summed E-state index contributed by atoms with van der Waals surface area (Å²) in [5.74, 6) is 0.599. The number of nitriles is 1. The molecule has 20 heavy (non-hydrogen) atoms. The van der Waals surface area contributed by atoms with Crippen LogP contribution >= 0.6 is 11.6 Å². The summed E-state index contributed by atoms with van der Waals surface area (Å²) >= 11 is 6.00. The number of hydrogen-bond acceptors (Lipinski definition) is 3. The van der Waals surface area contributed by atoms with Crippen LogP contribution in [0.4, 0.5) is 0 Å². The monoisotopic (exact) mass is 312 g/mol. The Bertz CT molecular complexity index is 629. The van der Waals surface area contributed by atoms with Gasteiger partial charge in [0.15, 0.2) is 0 Å². The zero-order chi connectivity index (χ0) is 14.8. The van der Waals surface area contributed by atoms with Gasteiger partial charge < -0.3 is 0 Å². The molecule has 1 aromatic carbocycles. The van der Waals surface area contributed by atoms with E-state index < -0.39 is 10.0 Å². The van der Waals surface area contributed by atoms with Crippen molar-refractivity contribution in [3.63, 3.8) is 0 Å². The van der Waals surface area contributed by atoms with E-state index in [1.165, 1.54) is 22.5 Å². The Morgan fingerprint density at radius 1 is 1.40 bits per heavy atom. The highest BCUT2D eigenvalue weighted by atomic mass is 35.5. The first-order valence-electron chi connectivity index (χ1n) is 6.68. The van der Waals surface area contributed by atoms with Crippen LogP contribution in [0.5, 0.6) is 0 Å². The lowest BCUT2D eigenvalue weighted by molar-refractivity contribution is 0.269. The molecule has 0 bridgehead atoms. The van der Waals surface area contributed by atoms with Crippen molar-refractivity contribution in [2.24, 2.45) is 5.92 Å². The third-order valence-electron chi connectivity index (χ3n) is 3.83. The smallest absolute Gasteiger partial charge is 0.207 e. The van der Waals surface area contributed by atoms with Gasteiger partial charge in [-0.25, -0.2) is 8.42 Å². The second-order valence-electron chi connectivity index (χ2n) is 5.01. The van der Waals surface area contributed by atoms with Gasteiger partial charge in [0.1, 0.15) is 4.90 Å². The van der Waals surface area contributed by atoms with E-state index in [1.54, 1.807) is 0 Å². The minimum absolute atomic E-state index is 0.0353. The van der Waals surface area contributed by atoms with E-state index in [4.69, 9.17) is 16.9 Å². The van der Waals surface area contributed by atoms with E-state index in [0.717, 1.165) is 19.3 Å². The highest BCUT2D eigenvalue weighted by Crippen LogP contribution is 2.29. The normalized spacial score (nSPS) is 17.9. The van der Waals surface area contributed by atoms with Crippen LogP contribution in [-0.2, 0) is 10.0 Å². The lowest BCUT2D eigenvalue weighted by Crippen LogP contribution is -2.38. The van der Waals surface area contributed by atoms with E-state index in [9.17, 15) is 8.42 Å². The van der Waals surface area contributed by atoms with E-state index >= 15 is 0 Å². The van der Waals surface area contributed by atoms with Gasteiger partial charge in [0.25, 0.3) is 0 Å². The summed E-state index contributed by atoms with van der Waals surface area (Å²) < 4.78 is 26.7. The second kappa shape index (κ2) is 6.13. The van der Waals surface area contributed by atoms with Crippen LogP contribution in [0.1, 0.15) is 31.7 Å². The molecular weight excluding hydrogens is 296 g/mol. The van der Waals surface area contributed by atoms with Gasteiger partial charge in [0, 0.05) is 13.1 Å². The standard InChI is InChI=1S/C14H17ClN2O2S/c1-2-11-5-7-17(8-6-11)20(18,19)14-9-12(10-16)3-4-13(14)15/h3-4,9,11H,2,5-8H2,1H3. The van der Waals surface area contributed by atoms with Gasteiger partial charge in [0.2, 0.25) is 10.0 Å². The SMILES string of the molecule is CCC1CCN(S(=O)(=O)c2cc(C#N)ccc2Cl)CC1. The molecule has 1 aliphatic heterocycles. The minimum Gasteiger partial charge on any atom is -0.207 e. The molecule has 1 saturated heterocycles. The van der Waals surface area contributed by atoms with Crippen LogP contribution in [0.3, 0.4) is 0 Å². The molecule has 0 N–H and O–H groups in total. The van der Waals surface area contributed by atoms with E-state index in [-0.39, 0.29) is 9.92 Å². The van der Waals surface area contributed by atoms with Crippen LogP contribution in [0.25, 0.3) is 0 Å². The molecule has 1 aliphatic rings. The Balaban J connectivity index is 2.30. The van der Waals surface area contributed by atoms with Crippen LogP contribution in [-0.4, -0.2) is 25.8 Å². The van der Waals surface area contributed by atoms with Gasteiger partial charge in [-0.15, -0.1) is 0 Å². The van der Waals surface area contributed by atoms with E-state index in [2.05, 4.69) is 6.92 Å². The lowest BCUT2D eigenvalue weighted by Gasteiger charge is -2.30. The molecule has 6 heteroatoms. The van der Waals surface area contributed by atoms with Crippen molar-refractivity contribution in [2.75, 3.05) is 13.1 Å². The fourth-order valence-electron chi connectivity index (χ4n) is 2.47. The van der Waals surface area contributed by atoms with Crippen LogP contribution in [0, 0.1) is 17.2 Å². The molecule has 2 rings (SSSR count). The number of piperidine rings is 1. The fraction of sp³-hybridized carbons (Fsp3) is 0.500. The summed E-state index contributed by atoms with van der Waals surface area (Å²) in [7, 11) is -3.61. The fourth-order valence-corrected chi connectivity index (χ4v) is 4.44. The number of hydrogen-bond donors (Lipinski definition) is 0. The molecule has 1 aromatic rings. The summed E-state index contributed by atoms with van der Waals surface area (Å²) in [6.07, 6.45) is 2.84. The molecule has 0 amide bonds. The summed E-state index contributed by atoms with van der Waals surface area (Å²) in [5, 5.41) is 9.06. The maximum atomic E-state index is 12.6. The quantitative estimate of drug-likeness (QED) is 0.862. The van der Waals surface area contributed by atoms with Crippen LogP contribution < -0.4 is 0 Å². The van der Waals surface area contributed by atoms with E-state index in [1.807, 2.05) is 6.07 Å². The van der Waals surface area contributed by atoms with Crippen LogP contribution in [0.2, 0.25) is 5.02 Å². The Morgan fingerprint density at radius 3 is 2.60 bits per heavy atom. The maximum Gasteiger partial charge on any atom is 0.244 e. The summed E-state index contributed by atoms with van der Waals surface area (Å²) in [6, 6.07) is 6.28. The lowest BCUT2D eigenvalue weighted by atomic mass is 9.96. The Labute approximate surface area is 125 Å². The molecule has 4 nitrogen and oxygen atoms in total. The van der Waals surface area contributed by atoms with Crippen molar-refractivity contribution in [1.29, 1.82) is 5.26 Å². The highest BCUT2D eigenvalue weighted by molar-refractivity contribution is 7.89. The Morgan fingerprint density at radius 2 is 2.05 bits per heavy atom. The van der Waals surface area contributed by atoms with Crippen molar-refractivity contribution < 1.29 is 8.42 Å². The zero-order valence-electron chi connectivity index (χ0n) is 11.3. The highest BCUT2D eigenvalue weighted by Gasteiger charge is 2.30. The first kappa shape index (κ1) is 15.3. The largest absolute Gasteiger partial charge is 0.244 e. The van der Waals surface area contributed by atoms with Gasteiger partial charge in [0.05, 0.1) is 16.7 Å². The number of nitrogens with zero attached hydrogens (tertiary/aromatic N) is 2. The number of halogens is 1. The summed E-state index contributed by atoms with van der Waals surface area (Å²) in [5.41, 5.74) is 0.302. The average Bonchev–Trinajstić information content (AvgIpc) is 2.47. The molecular formula is C14H17ClN2O2S. The van der Waals surface area contributed by atoms with Gasteiger partial charge in [-0.3, -0.25) is 0 Å². The third kappa shape index (κ3) is 2.98. The topological polar surface area (TPSA) is 61.2 Å².